The van der Waals surface area contributed by atoms with Crippen LogP contribution in [0.2, 0.25) is 0 Å². The quantitative estimate of drug-likeness (QED) is 0.797. The molecule has 0 fully saturated rings. The summed E-state index contributed by atoms with van der Waals surface area (Å²) in [5.74, 6) is -1.11. The summed E-state index contributed by atoms with van der Waals surface area (Å²) in [6.45, 7) is 0.476. The third-order valence-corrected chi connectivity index (χ3v) is 3.26. The van der Waals surface area contributed by atoms with Gasteiger partial charge in [-0.1, -0.05) is 15.9 Å². The van der Waals surface area contributed by atoms with Crippen molar-refractivity contribution >= 4 is 33.3 Å². The molecule has 0 aliphatic carbocycles. The first-order valence-electron chi connectivity index (χ1n) is 5.53. The van der Waals surface area contributed by atoms with Crippen LogP contribution in [0.4, 0.5) is 5.69 Å². The molecular formula is C12H13BrN2O3. The highest BCUT2D eigenvalue weighted by atomic mass is 79.9. The van der Waals surface area contributed by atoms with Crippen LogP contribution in [0.3, 0.4) is 0 Å². The number of carbonyl (C=O) groups is 2. The average Bonchev–Trinajstić information content (AvgIpc) is 2.55. The Labute approximate surface area is 113 Å². The number of anilines is 1. The second kappa shape index (κ2) is 5.17. The summed E-state index contributed by atoms with van der Waals surface area (Å²) >= 11 is 3.27. The molecule has 1 heterocycles. The number of amides is 1. The van der Waals surface area contributed by atoms with E-state index in [0.717, 1.165) is 4.47 Å². The lowest BCUT2D eigenvalue weighted by atomic mass is 10.1. The van der Waals surface area contributed by atoms with Crippen molar-refractivity contribution in [1.29, 1.82) is 0 Å². The molecule has 0 saturated carbocycles. The van der Waals surface area contributed by atoms with Gasteiger partial charge in [0.1, 0.15) is 0 Å². The molecule has 1 aromatic carbocycles. The molecule has 18 heavy (non-hydrogen) atoms. The van der Waals surface area contributed by atoms with Crippen molar-refractivity contribution < 1.29 is 14.7 Å². The van der Waals surface area contributed by atoms with E-state index < -0.39 is 17.8 Å². The molecule has 1 atom stereocenters. The summed E-state index contributed by atoms with van der Waals surface area (Å²) in [6, 6.07) is 5.09. The maximum absolute atomic E-state index is 11.8. The summed E-state index contributed by atoms with van der Waals surface area (Å²) in [4.78, 5) is 25.0. The lowest BCUT2D eigenvalue weighted by Gasteiger charge is -2.20. The molecule has 0 spiro atoms. The standard InChI is InChI=1S/C12H13BrN2O3/c1-14-5-8(16)6-15-10-3-2-7(13)4-9(10)11(17)12(15)18/h2-4,8,14,16H,5-6H2,1H3. The number of ketones is 1. The van der Waals surface area contributed by atoms with Crippen LogP contribution in [0.1, 0.15) is 10.4 Å². The Kier molecular flexibility index (Phi) is 3.79. The Morgan fingerprint density at radius 1 is 1.44 bits per heavy atom. The number of benzene rings is 1. The van der Waals surface area contributed by atoms with Gasteiger partial charge >= 0.3 is 0 Å². The third-order valence-electron chi connectivity index (χ3n) is 2.77. The molecule has 1 aliphatic heterocycles. The third kappa shape index (κ3) is 2.31. The lowest BCUT2D eigenvalue weighted by Crippen LogP contribution is -2.40. The van der Waals surface area contributed by atoms with Gasteiger partial charge in [0, 0.05) is 11.0 Å². The Morgan fingerprint density at radius 2 is 2.17 bits per heavy atom. The summed E-state index contributed by atoms with van der Waals surface area (Å²) < 4.78 is 0.750. The highest BCUT2D eigenvalue weighted by molar-refractivity contribution is 9.10. The molecule has 0 aromatic heterocycles. The van der Waals surface area contributed by atoms with Gasteiger partial charge in [-0.3, -0.25) is 9.59 Å². The number of rotatable bonds is 4. The topological polar surface area (TPSA) is 69.6 Å². The normalized spacial score (nSPS) is 16.1. The minimum Gasteiger partial charge on any atom is -0.390 e. The fourth-order valence-electron chi connectivity index (χ4n) is 1.96. The second-order valence-electron chi connectivity index (χ2n) is 4.12. The van der Waals surface area contributed by atoms with Crippen molar-refractivity contribution in [3.05, 3.63) is 28.2 Å². The number of Topliss-reactive ketones (excluding diaryl/α,β-unsaturated/α-hetero) is 1. The van der Waals surface area contributed by atoms with Crippen LogP contribution >= 0.6 is 15.9 Å². The van der Waals surface area contributed by atoms with E-state index in [1.165, 1.54) is 4.90 Å². The maximum atomic E-state index is 11.8. The molecule has 1 aliphatic rings. The highest BCUT2D eigenvalue weighted by Gasteiger charge is 2.36. The Bertz CT molecular complexity index is 504. The van der Waals surface area contributed by atoms with Gasteiger partial charge in [-0.25, -0.2) is 0 Å². The zero-order valence-corrected chi connectivity index (χ0v) is 11.4. The zero-order valence-electron chi connectivity index (χ0n) is 9.81. The molecule has 2 N–H and O–H groups in total. The first-order valence-corrected chi connectivity index (χ1v) is 6.32. The van der Waals surface area contributed by atoms with Crippen LogP contribution < -0.4 is 10.2 Å². The molecule has 96 valence electrons. The van der Waals surface area contributed by atoms with Crippen LogP contribution in [-0.2, 0) is 4.79 Å². The van der Waals surface area contributed by atoms with Crippen molar-refractivity contribution in [2.75, 3.05) is 25.0 Å². The van der Waals surface area contributed by atoms with Gasteiger partial charge in [0.25, 0.3) is 11.7 Å². The maximum Gasteiger partial charge on any atom is 0.299 e. The monoisotopic (exact) mass is 312 g/mol. The number of hydrogen-bond acceptors (Lipinski definition) is 4. The van der Waals surface area contributed by atoms with Gasteiger partial charge in [0.15, 0.2) is 0 Å². The van der Waals surface area contributed by atoms with E-state index in [-0.39, 0.29) is 6.54 Å². The van der Waals surface area contributed by atoms with E-state index in [1.807, 2.05) is 0 Å². The average molecular weight is 313 g/mol. The summed E-state index contributed by atoms with van der Waals surface area (Å²) in [5.41, 5.74) is 0.939. The molecule has 1 amide bonds. The van der Waals surface area contributed by atoms with E-state index in [2.05, 4.69) is 21.2 Å². The number of fused-ring (bicyclic) bond motifs is 1. The Balaban J connectivity index is 2.29. The fraction of sp³-hybridized carbons (Fsp3) is 0.333. The molecule has 5 nitrogen and oxygen atoms in total. The Morgan fingerprint density at radius 3 is 2.83 bits per heavy atom. The van der Waals surface area contributed by atoms with Gasteiger partial charge in [-0.05, 0) is 25.2 Å². The van der Waals surface area contributed by atoms with E-state index in [9.17, 15) is 14.7 Å². The van der Waals surface area contributed by atoms with Crippen molar-refractivity contribution in [3.8, 4) is 0 Å². The van der Waals surface area contributed by atoms with E-state index in [0.29, 0.717) is 17.8 Å². The highest BCUT2D eigenvalue weighted by Crippen LogP contribution is 2.31. The molecule has 0 radical (unpaired) electrons. The molecule has 2 rings (SSSR count). The largest absolute Gasteiger partial charge is 0.390 e. The minimum atomic E-state index is -0.707. The van der Waals surface area contributed by atoms with E-state index in [4.69, 9.17) is 0 Å². The fourth-order valence-corrected chi connectivity index (χ4v) is 2.33. The lowest BCUT2D eigenvalue weighted by molar-refractivity contribution is -0.114. The van der Waals surface area contributed by atoms with Gasteiger partial charge in [-0.15, -0.1) is 0 Å². The predicted molar refractivity (Wildman–Crippen MR) is 70.8 cm³/mol. The summed E-state index contributed by atoms with van der Waals surface area (Å²) in [5, 5.41) is 12.5. The molecule has 0 saturated heterocycles. The van der Waals surface area contributed by atoms with Crippen molar-refractivity contribution in [3.63, 3.8) is 0 Å². The molecule has 0 bridgehead atoms. The number of carbonyl (C=O) groups excluding carboxylic acids is 2. The first kappa shape index (κ1) is 13.2. The van der Waals surface area contributed by atoms with Crippen LogP contribution in [0.15, 0.2) is 22.7 Å². The first-order chi connectivity index (χ1) is 8.54. The number of aliphatic hydroxyl groups is 1. The van der Waals surface area contributed by atoms with Crippen molar-refractivity contribution in [2.24, 2.45) is 0 Å². The van der Waals surface area contributed by atoms with E-state index >= 15 is 0 Å². The SMILES string of the molecule is CNCC(O)CN1C(=O)C(=O)c2cc(Br)ccc21. The van der Waals surface area contributed by atoms with Crippen LogP contribution in [0, 0.1) is 0 Å². The molecule has 1 unspecified atom stereocenters. The predicted octanol–water partition coefficient (Wildman–Crippen LogP) is 0.559. The number of β-amino-alcohol motifs (C(OH)–C–C–N with tert-alkyl or cyclic N) is 1. The number of halogens is 1. The second-order valence-corrected chi connectivity index (χ2v) is 5.03. The molecule has 6 heteroatoms. The molecular weight excluding hydrogens is 300 g/mol. The summed E-state index contributed by atoms with van der Waals surface area (Å²) in [7, 11) is 1.71. The Hall–Kier alpha value is -1.24. The number of likely N-dealkylation sites (N-methyl/N-ethyl adjacent to an activating group) is 1. The number of aliphatic hydroxyl groups excluding tert-OH is 1. The van der Waals surface area contributed by atoms with Gasteiger partial charge in [0.2, 0.25) is 0 Å². The summed E-state index contributed by atoms with van der Waals surface area (Å²) in [6.07, 6.45) is -0.707. The van der Waals surface area contributed by atoms with Crippen molar-refractivity contribution in [2.45, 2.75) is 6.10 Å². The number of nitrogens with one attached hydrogen (secondary N) is 1. The zero-order chi connectivity index (χ0) is 13.3. The van der Waals surface area contributed by atoms with Crippen LogP contribution in [0.5, 0.6) is 0 Å². The minimum absolute atomic E-state index is 0.111. The van der Waals surface area contributed by atoms with Gasteiger partial charge in [0.05, 0.1) is 23.9 Å². The van der Waals surface area contributed by atoms with E-state index in [1.54, 1.807) is 25.2 Å². The van der Waals surface area contributed by atoms with Gasteiger partial charge < -0.3 is 15.3 Å². The van der Waals surface area contributed by atoms with Crippen LogP contribution in [-0.4, -0.2) is 43.0 Å². The number of nitrogens with zero attached hydrogens (tertiary/aromatic N) is 1. The van der Waals surface area contributed by atoms with Crippen LogP contribution in [0.25, 0.3) is 0 Å². The smallest absolute Gasteiger partial charge is 0.299 e. The number of hydrogen-bond donors (Lipinski definition) is 2. The molecule has 1 aromatic rings. The van der Waals surface area contributed by atoms with Gasteiger partial charge in [-0.2, -0.15) is 0 Å². The van der Waals surface area contributed by atoms with Crippen molar-refractivity contribution in [1.82, 2.24) is 5.32 Å².